The van der Waals surface area contributed by atoms with Crippen molar-refractivity contribution in [3.05, 3.63) is 41.7 Å². The van der Waals surface area contributed by atoms with Crippen molar-refractivity contribution in [1.82, 2.24) is 30.0 Å². The van der Waals surface area contributed by atoms with E-state index >= 15 is 0 Å². The lowest BCUT2D eigenvalue weighted by atomic mass is 10.3. The summed E-state index contributed by atoms with van der Waals surface area (Å²) < 4.78 is 2.15. The molecule has 1 aromatic carbocycles. The molecule has 1 aliphatic rings. The van der Waals surface area contributed by atoms with Gasteiger partial charge in [-0.05, 0) is 18.6 Å². The first-order valence-corrected chi connectivity index (χ1v) is 7.45. The number of nitrogens with one attached hydrogen (secondary N) is 2. The van der Waals surface area contributed by atoms with E-state index in [9.17, 15) is 4.79 Å². The number of carbonyl (C=O) groups excluding carboxylic acids is 1. The first-order valence-electron chi connectivity index (χ1n) is 7.45. The van der Waals surface area contributed by atoms with Crippen LogP contribution in [0.25, 0.3) is 11.0 Å². The Morgan fingerprint density at radius 1 is 1.32 bits per heavy atom. The van der Waals surface area contributed by atoms with Crippen molar-refractivity contribution in [2.24, 2.45) is 0 Å². The van der Waals surface area contributed by atoms with E-state index in [1.807, 2.05) is 24.3 Å². The number of aryl methyl sites for hydroxylation is 1. The van der Waals surface area contributed by atoms with Crippen molar-refractivity contribution < 1.29 is 4.79 Å². The second-order valence-corrected chi connectivity index (χ2v) is 5.40. The molecule has 0 atom stereocenters. The van der Waals surface area contributed by atoms with Crippen LogP contribution in [0.2, 0.25) is 0 Å². The number of carbonyl (C=O) groups is 1. The van der Waals surface area contributed by atoms with Crippen molar-refractivity contribution in [3.8, 4) is 0 Å². The summed E-state index contributed by atoms with van der Waals surface area (Å²) in [6, 6.07) is 7.59. The lowest BCUT2D eigenvalue weighted by Gasteiger charge is -2.04. The second kappa shape index (κ2) is 5.25. The number of hydrogen-bond donors (Lipinski definition) is 2. The number of H-pyrrole nitrogens is 1. The van der Waals surface area contributed by atoms with Gasteiger partial charge in [0.2, 0.25) is 0 Å². The molecule has 2 N–H and O–H groups in total. The highest BCUT2D eigenvalue weighted by Crippen LogP contribution is 2.14. The predicted octanol–water partition coefficient (Wildman–Crippen LogP) is 1.07. The van der Waals surface area contributed by atoms with E-state index in [1.54, 1.807) is 0 Å². The van der Waals surface area contributed by atoms with Crippen LogP contribution in [0, 0.1) is 0 Å². The van der Waals surface area contributed by atoms with Crippen molar-refractivity contribution in [2.45, 2.75) is 25.8 Å². The molecular formula is C15H16N6O. The van der Waals surface area contributed by atoms with Gasteiger partial charge in [-0.2, -0.15) is 0 Å². The summed E-state index contributed by atoms with van der Waals surface area (Å²) in [5.74, 6) is 2.14. The SMILES string of the molecule is O=C(NCCc1nnc2n1CCC2)c1nc2ccccc2[nH]1. The average molecular weight is 296 g/mol. The standard InChI is InChI=1S/C15H16N6O/c22-15(14-17-10-4-1-2-5-11(10)18-14)16-8-7-13-20-19-12-6-3-9-21(12)13/h1-2,4-5H,3,6-9H2,(H,16,22)(H,17,18). The molecule has 0 bridgehead atoms. The van der Waals surface area contributed by atoms with Crippen molar-refractivity contribution in [2.75, 3.05) is 6.54 Å². The van der Waals surface area contributed by atoms with Gasteiger partial charge in [-0.3, -0.25) is 4.79 Å². The zero-order chi connectivity index (χ0) is 14.9. The molecular weight excluding hydrogens is 280 g/mol. The molecule has 4 rings (SSSR count). The van der Waals surface area contributed by atoms with Gasteiger partial charge in [0, 0.05) is 25.9 Å². The number of aromatic amines is 1. The molecule has 0 saturated heterocycles. The fourth-order valence-corrected chi connectivity index (χ4v) is 2.83. The van der Waals surface area contributed by atoms with Crippen LogP contribution in [0.5, 0.6) is 0 Å². The molecule has 112 valence electrons. The summed E-state index contributed by atoms with van der Waals surface area (Å²) in [4.78, 5) is 19.4. The van der Waals surface area contributed by atoms with Crippen LogP contribution in [0.4, 0.5) is 0 Å². The van der Waals surface area contributed by atoms with E-state index in [2.05, 4.69) is 30.0 Å². The molecule has 3 heterocycles. The molecule has 1 amide bonds. The minimum absolute atomic E-state index is 0.197. The third-order valence-corrected chi connectivity index (χ3v) is 3.92. The van der Waals surface area contributed by atoms with Gasteiger partial charge in [-0.1, -0.05) is 12.1 Å². The van der Waals surface area contributed by atoms with E-state index in [1.165, 1.54) is 0 Å². The Kier molecular flexibility index (Phi) is 3.10. The Labute approximate surface area is 126 Å². The third kappa shape index (κ3) is 2.24. The van der Waals surface area contributed by atoms with Crippen LogP contribution in [-0.4, -0.2) is 37.2 Å². The Balaban J connectivity index is 1.39. The number of benzene rings is 1. The fourth-order valence-electron chi connectivity index (χ4n) is 2.83. The van der Waals surface area contributed by atoms with Gasteiger partial charge in [0.05, 0.1) is 11.0 Å². The monoisotopic (exact) mass is 296 g/mol. The number of imidazole rings is 1. The summed E-state index contributed by atoms with van der Waals surface area (Å²) >= 11 is 0. The summed E-state index contributed by atoms with van der Waals surface area (Å²) in [6.45, 7) is 1.50. The highest BCUT2D eigenvalue weighted by molar-refractivity contribution is 5.94. The topological polar surface area (TPSA) is 88.5 Å². The molecule has 7 nitrogen and oxygen atoms in total. The van der Waals surface area contributed by atoms with Gasteiger partial charge in [0.1, 0.15) is 11.6 Å². The number of amides is 1. The smallest absolute Gasteiger partial charge is 0.287 e. The zero-order valence-corrected chi connectivity index (χ0v) is 12.0. The molecule has 0 fully saturated rings. The molecule has 3 aromatic rings. The van der Waals surface area contributed by atoms with Crippen molar-refractivity contribution in [1.29, 1.82) is 0 Å². The van der Waals surface area contributed by atoms with E-state index in [-0.39, 0.29) is 5.91 Å². The van der Waals surface area contributed by atoms with Gasteiger partial charge in [-0.15, -0.1) is 10.2 Å². The van der Waals surface area contributed by atoms with E-state index < -0.39 is 0 Å². The molecule has 0 saturated carbocycles. The molecule has 1 aliphatic heterocycles. The lowest BCUT2D eigenvalue weighted by molar-refractivity contribution is 0.0945. The molecule has 0 aliphatic carbocycles. The number of para-hydroxylation sites is 2. The molecule has 2 aromatic heterocycles. The van der Waals surface area contributed by atoms with Gasteiger partial charge < -0.3 is 14.9 Å². The zero-order valence-electron chi connectivity index (χ0n) is 12.0. The van der Waals surface area contributed by atoms with Gasteiger partial charge in [0.25, 0.3) is 5.91 Å². The Hall–Kier alpha value is -2.70. The van der Waals surface area contributed by atoms with Crippen LogP contribution >= 0.6 is 0 Å². The minimum Gasteiger partial charge on any atom is -0.349 e. The van der Waals surface area contributed by atoms with Crippen LogP contribution in [0.3, 0.4) is 0 Å². The molecule has 7 heteroatoms. The molecule has 22 heavy (non-hydrogen) atoms. The summed E-state index contributed by atoms with van der Waals surface area (Å²) in [7, 11) is 0. The largest absolute Gasteiger partial charge is 0.349 e. The van der Waals surface area contributed by atoms with E-state index in [4.69, 9.17) is 0 Å². The average Bonchev–Trinajstić information content (AvgIpc) is 3.22. The lowest BCUT2D eigenvalue weighted by Crippen LogP contribution is -2.27. The number of fused-ring (bicyclic) bond motifs is 2. The Morgan fingerprint density at radius 2 is 2.23 bits per heavy atom. The van der Waals surface area contributed by atoms with Crippen LogP contribution in [-0.2, 0) is 19.4 Å². The first kappa shape index (κ1) is 13.0. The number of aromatic nitrogens is 5. The molecule has 0 spiro atoms. The predicted molar refractivity (Wildman–Crippen MR) is 80.5 cm³/mol. The number of nitrogens with zero attached hydrogens (tertiary/aromatic N) is 4. The Morgan fingerprint density at radius 3 is 3.14 bits per heavy atom. The normalized spacial score (nSPS) is 13.5. The Bertz CT molecular complexity index is 801. The number of rotatable bonds is 4. The van der Waals surface area contributed by atoms with Gasteiger partial charge in [0.15, 0.2) is 5.82 Å². The van der Waals surface area contributed by atoms with Crippen molar-refractivity contribution >= 4 is 16.9 Å². The maximum absolute atomic E-state index is 12.1. The fraction of sp³-hybridized carbons (Fsp3) is 0.333. The minimum atomic E-state index is -0.197. The maximum Gasteiger partial charge on any atom is 0.287 e. The van der Waals surface area contributed by atoms with Crippen molar-refractivity contribution in [3.63, 3.8) is 0 Å². The second-order valence-electron chi connectivity index (χ2n) is 5.40. The van der Waals surface area contributed by atoms with Gasteiger partial charge in [-0.25, -0.2) is 4.98 Å². The quantitative estimate of drug-likeness (QED) is 0.754. The number of hydrogen-bond acceptors (Lipinski definition) is 4. The first-order chi connectivity index (χ1) is 10.8. The highest BCUT2D eigenvalue weighted by Gasteiger charge is 2.17. The van der Waals surface area contributed by atoms with Gasteiger partial charge >= 0.3 is 0 Å². The maximum atomic E-state index is 12.1. The van der Waals surface area contributed by atoms with Crippen LogP contribution in [0.1, 0.15) is 28.7 Å². The highest BCUT2D eigenvalue weighted by atomic mass is 16.2. The van der Waals surface area contributed by atoms with E-state index in [0.29, 0.717) is 18.8 Å². The van der Waals surface area contributed by atoms with E-state index in [0.717, 1.165) is 42.1 Å². The molecule has 0 radical (unpaired) electrons. The van der Waals surface area contributed by atoms with Crippen LogP contribution in [0.15, 0.2) is 24.3 Å². The third-order valence-electron chi connectivity index (χ3n) is 3.92. The summed E-state index contributed by atoms with van der Waals surface area (Å²) in [6.07, 6.45) is 2.81. The molecule has 0 unspecified atom stereocenters. The summed E-state index contributed by atoms with van der Waals surface area (Å²) in [5, 5.41) is 11.2. The van der Waals surface area contributed by atoms with Crippen LogP contribution < -0.4 is 5.32 Å². The summed E-state index contributed by atoms with van der Waals surface area (Å²) in [5.41, 5.74) is 1.66.